The zero-order chi connectivity index (χ0) is 19.4. The quantitative estimate of drug-likeness (QED) is 0.613. The molecule has 148 valence electrons. The number of fused-ring (bicyclic) bond motifs is 1. The highest BCUT2D eigenvalue weighted by Gasteiger charge is 2.23. The summed E-state index contributed by atoms with van der Waals surface area (Å²) < 4.78 is 36.2. The van der Waals surface area contributed by atoms with E-state index in [4.69, 9.17) is 9.47 Å². The molecule has 0 unspecified atom stereocenters. The first-order valence-corrected chi connectivity index (χ1v) is 10.6. The summed E-state index contributed by atoms with van der Waals surface area (Å²) in [5.41, 5.74) is 0.480. The average molecular weight is 397 g/mol. The number of rotatable bonds is 7. The van der Waals surface area contributed by atoms with Crippen molar-refractivity contribution in [3.8, 4) is 11.5 Å². The Morgan fingerprint density at radius 1 is 1.19 bits per heavy atom. The van der Waals surface area contributed by atoms with Gasteiger partial charge in [-0.3, -0.25) is 13.9 Å². The van der Waals surface area contributed by atoms with Crippen LogP contribution in [0, 0.1) is 0 Å². The zero-order valence-corrected chi connectivity index (χ0v) is 16.0. The Morgan fingerprint density at radius 3 is 2.56 bits per heavy atom. The summed E-state index contributed by atoms with van der Waals surface area (Å²) in [4.78, 5) is 26.4. The summed E-state index contributed by atoms with van der Waals surface area (Å²) in [6.07, 6.45) is 2.57. The summed E-state index contributed by atoms with van der Waals surface area (Å²) in [7, 11) is -3.50. The molecule has 2 aliphatic heterocycles. The van der Waals surface area contributed by atoms with Crippen LogP contribution in [0.25, 0.3) is 0 Å². The number of carbonyl (C=O) groups excluding carboxylic acids is 2. The van der Waals surface area contributed by atoms with E-state index >= 15 is 0 Å². The van der Waals surface area contributed by atoms with Gasteiger partial charge in [-0.25, -0.2) is 8.42 Å². The number of benzene rings is 1. The highest BCUT2D eigenvalue weighted by atomic mass is 32.2. The van der Waals surface area contributed by atoms with Gasteiger partial charge in [-0.05, 0) is 18.6 Å². The van der Waals surface area contributed by atoms with Crippen molar-refractivity contribution in [2.24, 2.45) is 0 Å². The summed E-state index contributed by atoms with van der Waals surface area (Å²) in [5, 5.41) is 0. The molecule has 0 atom stereocenters. The molecule has 0 radical (unpaired) electrons. The second-order valence-electron chi connectivity index (χ2n) is 6.50. The SMILES string of the molecule is CS(=O)(=O)N(CCCC(=O)N1CCN(C=O)CC1)c1ccc2c(c1)OCO2. The maximum atomic E-state index is 12.3. The minimum absolute atomic E-state index is 0.0281. The van der Waals surface area contributed by atoms with Crippen LogP contribution in [0.3, 0.4) is 0 Å². The molecule has 0 spiro atoms. The van der Waals surface area contributed by atoms with E-state index in [0.717, 1.165) is 12.7 Å². The molecule has 1 aromatic carbocycles. The van der Waals surface area contributed by atoms with Gasteiger partial charge >= 0.3 is 0 Å². The molecule has 0 saturated carbocycles. The van der Waals surface area contributed by atoms with Crippen LogP contribution in [0.2, 0.25) is 0 Å². The Balaban J connectivity index is 1.58. The maximum Gasteiger partial charge on any atom is 0.232 e. The van der Waals surface area contributed by atoms with Gasteiger partial charge in [0.2, 0.25) is 29.1 Å². The minimum Gasteiger partial charge on any atom is -0.454 e. The maximum absolute atomic E-state index is 12.3. The molecular weight excluding hydrogens is 374 g/mol. The average Bonchev–Trinajstić information content (AvgIpc) is 3.11. The number of hydrogen-bond donors (Lipinski definition) is 0. The highest BCUT2D eigenvalue weighted by Crippen LogP contribution is 2.36. The van der Waals surface area contributed by atoms with Gasteiger partial charge in [0.05, 0.1) is 11.9 Å². The van der Waals surface area contributed by atoms with Gasteiger partial charge in [0.1, 0.15) is 0 Å². The first-order valence-electron chi connectivity index (χ1n) is 8.73. The largest absolute Gasteiger partial charge is 0.454 e. The molecule has 1 aromatic rings. The topological polar surface area (TPSA) is 96.5 Å². The van der Waals surface area contributed by atoms with Crippen LogP contribution in [-0.2, 0) is 19.6 Å². The highest BCUT2D eigenvalue weighted by molar-refractivity contribution is 7.92. The Morgan fingerprint density at radius 2 is 1.89 bits per heavy atom. The van der Waals surface area contributed by atoms with Crippen molar-refractivity contribution in [2.45, 2.75) is 12.8 Å². The molecule has 2 aliphatic rings. The van der Waals surface area contributed by atoms with E-state index in [1.165, 1.54) is 4.31 Å². The van der Waals surface area contributed by atoms with Gasteiger partial charge in [-0.1, -0.05) is 0 Å². The van der Waals surface area contributed by atoms with Crippen LogP contribution in [0.4, 0.5) is 5.69 Å². The van der Waals surface area contributed by atoms with Gasteiger partial charge in [0, 0.05) is 45.2 Å². The molecule has 1 fully saturated rings. The predicted molar refractivity (Wildman–Crippen MR) is 98.2 cm³/mol. The van der Waals surface area contributed by atoms with Crippen LogP contribution in [0.5, 0.6) is 11.5 Å². The van der Waals surface area contributed by atoms with E-state index in [1.54, 1.807) is 28.0 Å². The van der Waals surface area contributed by atoms with Crippen molar-refractivity contribution in [3.05, 3.63) is 18.2 Å². The number of nitrogens with zero attached hydrogens (tertiary/aromatic N) is 3. The smallest absolute Gasteiger partial charge is 0.232 e. The molecule has 0 aliphatic carbocycles. The number of carbonyl (C=O) groups is 2. The van der Waals surface area contributed by atoms with E-state index in [9.17, 15) is 18.0 Å². The Hall–Kier alpha value is -2.49. The predicted octanol–water partition coefficient (Wildman–Crippen LogP) is 0.262. The lowest BCUT2D eigenvalue weighted by atomic mass is 10.2. The molecule has 2 heterocycles. The third-order valence-electron chi connectivity index (χ3n) is 4.61. The van der Waals surface area contributed by atoms with Crippen LogP contribution in [0.15, 0.2) is 18.2 Å². The van der Waals surface area contributed by atoms with Gasteiger partial charge < -0.3 is 19.3 Å². The van der Waals surface area contributed by atoms with Crippen molar-refractivity contribution in [3.63, 3.8) is 0 Å². The lowest BCUT2D eigenvalue weighted by molar-refractivity contribution is -0.135. The molecule has 27 heavy (non-hydrogen) atoms. The second kappa shape index (κ2) is 8.03. The van der Waals surface area contributed by atoms with Crippen LogP contribution >= 0.6 is 0 Å². The number of piperazine rings is 1. The second-order valence-corrected chi connectivity index (χ2v) is 8.41. The van der Waals surface area contributed by atoms with Gasteiger partial charge in [0.15, 0.2) is 11.5 Å². The van der Waals surface area contributed by atoms with Crippen LogP contribution in [-0.4, -0.2) is 76.3 Å². The standard InChI is InChI=1S/C17H23N3O6S/c1-27(23,24)20(14-4-5-15-16(11-14)26-13-25-15)6-2-3-17(22)19-9-7-18(12-21)8-10-19/h4-5,11-12H,2-3,6-10,13H2,1H3. The van der Waals surface area contributed by atoms with Crippen molar-refractivity contribution >= 4 is 28.0 Å². The lowest BCUT2D eigenvalue weighted by Gasteiger charge is -2.32. The fourth-order valence-corrected chi connectivity index (χ4v) is 4.09. The van der Waals surface area contributed by atoms with Gasteiger partial charge in [0.25, 0.3) is 0 Å². The fraction of sp³-hybridized carbons (Fsp3) is 0.529. The minimum atomic E-state index is -3.50. The third-order valence-corrected chi connectivity index (χ3v) is 5.81. The normalized spacial score (nSPS) is 16.3. The Bertz CT molecular complexity index is 805. The number of sulfonamides is 1. The number of amides is 2. The molecule has 3 rings (SSSR count). The molecular formula is C17H23N3O6S. The Kier molecular flexibility index (Phi) is 5.73. The van der Waals surface area contributed by atoms with Gasteiger partial charge in [-0.2, -0.15) is 0 Å². The monoisotopic (exact) mass is 397 g/mol. The molecule has 0 aromatic heterocycles. The first-order chi connectivity index (χ1) is 12.9. The van der Waals surface area contributed by atoms with E-state index in [2.05, 4.69) is 0 Å². The summed E-state index contributed by atoms with van der Waals surface area (Å²) in [5.74, 6) is 1.06. The number of hydrogen-bond acceptors (Lipinski definition) is 6. The zero-order valence-electron chi connectivity index (χ0n) is 15.2. The summed E-state index contributed by atoms with van der Waals surface area (Å²) >= 11 is 0. The van der Waals surface area contributed by atoms with Crippen LogP contribution in [0.1, 0.15) is 12.8 Å². The van der Waals surface area contributed by atoms with Crippen LogP contribution < -0.4 is 13.8 Å². The van der Waals surface area contributed by atoms with E-state index < -0.39 is 10.0 Å². The number of anilines is 1. The van der Waals surface area contributed by atoms with Crippen molar-refractivity contribution in [2.75, 3.05) is 50.1 Å². The van der Waals surface area contributed by atoms with Crippen molar-refractivity contribution in [1.82, 2.24) is 9.80 Å². The Labute approximate surface area is 158 Å². The summed E-state index contributed by atoms with van der Waals surface area (Å²) in [6, 6.07) is 4.96. The van der Waals surface area contributed by atoms with Crippen molar-refractivity contribution < 1.29 is 27.5 Å². The van der Waals surface area contributed by atoms with Crippen molar-refractivity contribution in [1.29, 1.82) is 0 Å². The van der Waals surface area contributed by atoms with E-state index in [1.807, 2.05) is 0 Å². The fourth-order valence-electron chi connectivity index (χ4n) is 3.14. The molecule has 0 N–H and O–H groups in total. The molecule has 10 heteroatoms. The third kappa shape index (κ3) is 4.62. The lowest BCUT2D eigenvalue weighted by Crippen LogP contribution is -2.48. The number of ether oxygens (including phenoxy) is 2. The first kappa shape index (κ1) is 19.3. The molecule has 1 saturated heterocycles. The molecule has 9 nitrogen and oxygen atoms in total. The van der Waals surface area contributed by atoms with E-state index in [-0.39, 0.29) is 25.7 Å². The molecule has 2 amide bonds. The van der Waals surface area contributed by atoms with Gasteiger partial charge in [-0.15, -0.1) is 0 Å². The summed E-state index contributed by atoms with van der Waals surface area (Å²) in [6.45, 7) is 2.39. The molecule has 0 bridgehead atoms. The van der Waals surface area contributed by atoms with E-state index in [0.29, 0.717) is 49.8 Å².